The number of aromatic nitrogens is 1. The van der Waals surface area contributed by atoms with Crippen molar-refractivity contribution >= 4 is 40.1 Å². The van der Waals surface area contributed by atoms with Crippen LogP contribution in [0.3, 0.4) is 0 Å². The maximum absolute atomic E-state index is 12.5. The second-order valence-corrected chi connectivity index (χ2v) is 6.28. The van der Waals surface area contributed by atoms with Gasteiger partial charge in [0.2, 0.25) is 5.91 Å². The molecule has 2 aromatic carbocycles. The van der Waals surface area contributed by atoms with E-state index in [4.69, 9.17) is 9.47 Å². The molecule has 0 saturated heterocycles. The molecule has 0 atom stereocenters. The molecule has 0 aliphatic carbocycles. The number of methoxy groups -OCH3 is 1. The molecule has 0 bridgehead atoms. The molecule has 2 heterocycles. The van der Waals surface area contributed by atoms with Crippen LogP contribution in [0.4, 0.5) is 11.4 Å². The lowest BCUT2D eigenvalue weighted by Gasteiger charge is -2.18. The van der Waals surface area contributed by atoms with Gasteiger partial charge in [-0.2, -0.15) is 0 Å². The SMILES string of the molecule is COC(=O)c1cn(CC(=O)Nc2ccc3c(c2)NC(=O)CO3)c2ccccc12. The van der Waals surface area contributed by atoms with Crippen molar-refractivity contribution in [3.05, 3.63) is 54.2 Å². The van der Waals surface area contributed by atoms with Crippen molar-refractivity contribution in [2.75, 3.05) is 24.4 Å². The van der Waals surface area contributed by atoms with Gasteiger partial charge in [0.1, 0.15) is 12.3 Å². The van der Waals surface area contributed by atoms with Crippen molar-refractivity contribution in [1.29, 1.82) is 0 Å². The number of nitrogens with one attached hydrogen (secondary N) is 2. The van der Waals surface area contributed by atoms with Crippen LogP contribution in [0.25, 0.3) is 10.9 Å². The molecule has 0 radical (unpaired) electrons. The molecule has 0 saturated carbocycles. The van der Waals surface area contributed by atoms with E-state index in [2.05, 4.69) is 10.6 Å². The highest BCUT2D eigenvalue weighted by Crippen LogP contribution is 2.30. The van der Waals surface area contributed by atoms with Crippen molar-refractivity contribution < 1.29 is 23.9 Å². The maximum atomic E-state index is 12.5. The minimum Gasteiger partial charge on any atom is -0.482 e. The van der Waals surface area contributed by atoms with E-state index in [1.807, 2.05) is 24.3 Å². The summed E-state index contributed by atoms with van der Waals surface area (Å²) in [7, 11) is 1.32. The third-order valence-electron chi connectivity index (χ3n) is 4.40. The summed E-state index contributed by atoms with van der Waals surface area (Å²) >= 11 is 0. The Morgan fingerprint density at radius 2 is 2.07 bits per heavy atom. The van der Waals surface area contributed by atoms with E-state index < -0.39 is 5.97 Å². The van der Waals surface area contributed by atoms with Crippen LogP contribution >= 0.6 is 0 Å². The highest BCUT2D eigenvalue weighted by Gasteiger charge is 2.18. The first-order valence-corrected chi connectivity index (χ1v) is 8.58. The molecule has 1 aliphatic heterocycles. The van der Waals surface area contributed by atoms with E-state index >= 15 is 0 Å². The summed E-state index contributed by atoms with van der Waals surface area (Å²) in [5.41, 5.74) is 2.19. The number of amides is 2. The van der Waals surface area contributed by atoms with Crippen LogP contribution < -0.4 is 15.4 Å². The molecule has 1 aromatic heterocycles. The van der Waals surface area contributed by atoms with Gasteiger partial charge >= 0.3 is 5.97 Å². The second kappa shape index (κ2) is 7.07. The maximum Gasteiger partial charge on any atom is 0.340 e. The molecule has 2 N–H and O–H groups in total. The zero-order chi connectivity index (χ0) is 19.7. The number of carbonyl (C=O) groups is 3. The van der Waals surface area contributed by atoms with Crippen molar-refractivity contribution in [3.8, 4) is 5.75 Å². The first kappa shape index (κ1) is 17.6. The van der Waals surface area contributed by atoms with Gasteiger partial charge in [0.05, 0.1) is 18.4 Å². The first-order chi connectivity index (χ1) is 13.5. The Bertz CT molecular complexity index is 1100. The number of anilines is 2. The molecule has 3 aromatic rings. The predicted octanol–water partition coefficient (Wildman–Crippen LogP) is 2.40. The minimum absolute atomic E-state index is 0.0114. The summed E-state index contributed by atoms with van der Waals surface area (Å²) in [4.78, 5) is 36.0. The van der Waals surface area contributed by atoms with Crippen LogP contribution in [0.5, 0.6) is 5.75 Å². The molecule has 0 spiro atoms. The number of hydrogen-bond donors (Lipinski definition) is 2. The standard InChI is InChI=1S/C20H17N3O5/c1-27-20(26)14-9-23(16-5-3-2-4-13(14)16)10-18(24)21-12-6-7-17-15(8-12)22-19(25)11-28-17/h2-9H,10-11H2,1H3,(H,21,24)(H,22,25). The number of carbonyl (C=O) groups excluding carboxylic acids is 3. The number of hydrogen-bond acceptors (Lipinski definition) is 5. The zero-order valence-electron chi connectivity index (χ0n) is 15.0. The Balaban J connectivity index is 1.55. The van der Waals surface area contributed by atoms with Crippen LogP contribution in [0.1, 0.15) is 10.4 Å². The minimum atomic E-state index is -0.458. The van der Waals surface area contributed by atoms with Gasteiger partial charge in [-0.25, -0.2) is 4.79 Å². The Hall–Kier alpha value is -3.81. The fourth-order valence-corrected chi connectivity index (χ4v) is 3.17. The number of para-hydroxylation sites is 1. The molecule has 8 heteroatoms. The Kier molecular flexibility index (Phi) is 4.44. The Labute approximate surface area is 160 Å². The number of benzene rings is 2. The van der Waals surface area contributed by atoms with Gasteiger partial charge < -0.3 is 24.7 Å². The molecule has 0 unspecified atom stereocenters. The van der Waals surface area contributed by atoms with E-state index in [9.17, 15) is 14.4 Å². The summed E-state index contributed by atoms with van der Waals surface area (Å²) in [5.74, 6) is -0.428. The average molecular weight is 379 g/mol. The van der Waals surface area contributed by atoms with Gasteiger partial charge in [-0.1, -0.05) is 18.2 Å². The lowest BCUT2D eigenvalue weighted by molar-refractivity contribution is -0.118. The number of nitrogens with zero attached hydrogens (tertiary/aromatic N) is 1. The number of esters is 1. The topological polar surface area (TPSA) is 98.7 Å². The van der Waals surface area contributed by atoms with Crippen LogP contribution in [-0.2, 0) is 20.9 Å². The lowest BCUT2D eigenvalue weighted by atomic mass is 10.2. The van der Waals surface area contributed by atoms with Gasteiger partial charge in [0.25, 0.3) is 5.91 Å². The number of ether oxygens (including phenoxy) is 2. The summed E-state index contributed by atoms with van der Waals surface area (Å²) in [6.45, 7) is -0.0145. The highest BCUT2D eigenvalue weighted by atomic mass is 16.5. The number of fused-ring (bicyclic) bond motifs is 2. The van der Waals surface area contributed by atoms with Crippen LogP contribution in [-0.4, -0.2) is 36.1 Å². The molecule has 142 valence electrons. The molecule has 28 heavy (non-hydrogen) atoms. The monoisotopic (exact) mass is 379 g/mol. The van der Waals surface area contributed by atoms with Gasteiger partial charge in [0, 0.05) is 22.8 Å². The van der Waals surface area contributed by atoms with Gasteiger partial charge in [-0.05, 0) is 24.3 Å². The van der Waals surface area contributed by atoms with Crippen LogP contribution in [0, 0.1) is 0 Å². The zero-order valence-corrected chi connectivity index (χ0v) is 15.0. The van der Waals surface area contributed by atoms with Gasteiger partial charge in [-0.3, -0.25) is 9.59 Å². The molecule has 1 aliphatic rings. The highest BCUT2D eigenvalue weighted by molar-refractivity contribution is 6.05. The van der Waals surface area contributed by atoms with E-state index in [0.717, 1.165) is 10.9 Å². The molecule has 8 nitrogen and oxygen atoms in total. The van der Waals surface area contributed by atoms with E-state index in [0.29, 0.717) is 22.7 Å². The largest absolute Gasteiger partial charge is 0.482 e. The molecular weight excluding hydrogens is 362 g/mol. The summed E-state index contributed by atoms with van der Waals surface area (Å²) in [6.07, 6.45) is 1.61. The predicted molar refractivity (Wildman–Crippen MR) is 102 cm³/mol. The van der Waals surface area contributed by atoms with E-state index in [1.54, 1.807) is 29.0 Å². The fourth-order valence-electron chi connectivity index (χ4n) is 3.17. The lowest BCUT2D eigenvalue weighted by Crippen LogP contribution is -2.25. The van der Waals surface area contributed by atoms with Gasteiger partial charge in [0.15, 0.2) is 6.61 Å². The third kappa shape index (κ3) is 3.27. The van der Waals surface area contributed by atoms with Crippen molar-refractivity contribution in [2.45, 2.75) is 6.54 Å². The van der Waals surface area contributed by atoms with Crippen LogP contribution in [0.15, 0.2) is 48.7 Å². The van der Waals surface area contributed by atoms with Crippen LogP contribution in [0.2, 0.25) is 0 Å². The Morgan fingerprint density at radius 1 is 1.25 bits per heavy atom. The molecular formula is C20H17N3O5. The summed E-state index contributed by atoms with van der Waals surface area (Å²) in [6, 6.07) is 12.3. The average Bonchev–Trinajstić information content (AvgIpc) is 3.05. The van der Waals surface area contributed by atoms with Crippen molar-refractivity contribution in [3.63, 3.8) is 0 Å². The third-order valence-corrected chi connectivity index (χ3v) is 4.40. The van der Waals surface area contributed by atoms with Crippen molar-refractivity contribution in [2.24, 2.45) is 0 Å². The van der Waals surface area contributed by atoms with Gasteiger partial charge in [-0.15, -0.1) is 0 Å². The van der Waals surface area contributed by atoms with E-state index in [-0.39, 0.29) is 25.0 Å². The normalized spacial score (nSPS) is 12.7. The number of rotatable bonds is 4. The summed E-state index contributed by atoms with van der Waals surface area (Å²) < 4.78 is 11.8. The summed E-state index contributed by atoms with van der Waals surface area (Å²) in [5, 5.41) is 6.21. The molecule has 0 fully saturated rings. The fraction of sp³-hybridized carbons (Fsp3) is 0.150. The van der Waals surface area contributed by atoms with E-state index in [1.165, 1.54) is 7.11 Å². The van der Waals surface area contributed by atoms with Crippen molar-refractivity contribution in [1.82, 2.24) is 4.57 Å². The Morgan fingerprint density at radius 3 is 2.89 bits per heavy atom. The smallest absolute Gasteiger partial charge is 0.340 e. The first-order valence-electron chi connectivity index (χ1n) is 8.58. The quantitative estimate of drug-likeness (QED) is 0.678. The molecule has 2 amide bonds. The second-order valence-electron chi connectivity index (χ2n) is 6.28. The molecule has 4 rings (SSSR count).